The van der Waals surface area contributed by atoms with E-state index in [0.717, 1.165) is 34.4 Å². The molecule has 0 amide bonds. The van der Waals surface area contributed by atoms with Crippen molar-refractivity contribution in [2.24, 2.45) is 0 Å². The SMILES string of the molecule is CCCc1nnsc1C(NCC)c1cc(Br)ccc1F. The molecule has 1 unspecified atom stereocenters. The lowest BCUT2D eigenvalue weighted by molar-refractivity contribution is 0.559. The minimum Gasteiger partial charge on any atom is -0.306 e. The molecule has 20 heavy (non-hydrogen) atoms. The van der Waals surface area contributed by atoms with Gasteiger partial charge in [0.1, 0.15) is 5.82 Å². The fraction of sp³-hybridized carbons (Fsp3) is 0.429. The van der Waals surface area contributed by atoms with Crippen molar-refractivity contribution in [3.8, 4) is 0 Å². The Morgan fingerprint density at radius 1 is 1.40 bits per heavy atom. The zero-order valence-electron chi connectivity index (χ0n) is 11.5. The molecule has 0 bridgehead atoms. The Morgan fingerprint density at radius 2 is 2.20 bits per heavy atom. The predicted octanol–water partition coefficient (Wildman–Crippen LogP) is 4.09. The molecule has 0 fully saturated rings. The number of rotatable bonds is 6. The molecule has 0 aliphatic heterocycles. The number of nitrogens with zero attached hydrogens (tertiary/aromatic N) is 2. The van der Waals surface area contributed by atoms with Crippen molar-refractivity contribution in [2.45, 2.75) is 32.7 Å². The Hall–Kier alpha value is -0.850. The molecular weight excluding hydrogens is 341 g/mol. The van der Waals surface area contributed by atoms with Crippen molar-refractivity contribution in [3.05, 3.63) is 44.6 Å². The zero-order chi connectivity index (χ0) is 14.5. The second-order valence-corrected chi connectivity index (χ2v) is 6.19. The Morgan fingerprint density at radius 3 is 2.90 bits per heavy atom. The molecule has 1 aromatic carbocycles. The van der Waals surface area contributed by atoms with Gasteiger partial charge >= 0.3 is 0 Å². The number of halogens is 2. The fourth-order valence-electron chi connectivity index (χ4n) is 2.13. The van der Waals surface area contributed by atoms with E-state index in [1.807, 2.05) is 13.0 Å². The van der Waals surface area contributed by atoms with E-state index in [2.05, 4.69) is 37.8 Å². The number of nitrogens with one attached hydrogen (secondary N) is 1. The second-order valence-electron chi connectivity index (χ2n) is 4.49. The highest BCUT2D eigenvalue weighted by atomic mass is 79.9. The van der Waals surface area contributed by atoms with Gasteiger partial charge in [0.05, 0.1) is 16.6 Å². The van der Waals surface area contributed by atoms with Gasteiger partial charge in [-0.3, -0.25) is 0 Å². The van der Waals surface area contributed by atoms with Crippen molar-refractivity contribution in [1.82, 2.24) is 14.9 Å². The van der Waals surface area contributed by atoms with Gasteiger partial charge < -0.3 is 5.32 Å². The highest BCUT2D eigenvalue weighted by Gasteiger charge is 2.23. The molecule has 2 rings (SSSR count). The standard InChI is InChI=1S/C14H17BrFN3S/c1-3-5-12-14(20-19-18-12)13(17-4-2)10-8-9(15)6-7-11(10)16/h6-8,13,17H,3-5H2,1-2H3. The smallest absolute Gasteiger partial charge is 0.128 e. The third-order valence-corrected chi connectivity index (χ3v) is 4.34. The summed E-state index contributed by atoms with van der Waals surface area (Å²) in [5.41, 5.74) is 1.59. The Balaban J connectivity index is 2.44. The Kier molecular flexibility index (Phi) is 5.63. The van der Waals surface area contributed by atoms with Crippen LogP contribution in [0.3, 0.4) is 0 Å². The van der Waals surface area contributed by atoms with Crippen molar-refractivity contribution in [3.63, 3.8) is 0 Å². The molecule has 1 aromatic heterocycles. The van der Waals surface area contributed by atoms with Gasteiger partial charge in [-0.1, -0.05) is 40.7 Å². The molecule has 1 heterocycles. The molecule has 3 nitrogen and oxygen atoms in total. The number of aromatic nitrogens is 2. The number of hydrogen-bond acceptors (Lipinski definition) is 4. The Labute approximate surface area is 130 Å². The van der Waals surface area contributed by atoms with E-state index >= 15 is 0 Å². The zero-order valence-corrected chi connectivity index (χ0v) is 13.9. The average Bonchev–Trinajstić information content (AvgIpc) is 2.88. The second kappa shape index (κ2) is 7.24. The summed E-state index contributed by atoms with van der Waals surface area (Å²) in [5, 5.41) is 7.52. The maximum Gasteiger partial charge on any atom is 0.128 e. The van der Waals surface area contributed by atoms with E-state index in [4.69, 9.17) is 0 Å². The van der Waals surface area contributed by atoms with E-state index in [-0.39, 0.29) is 11.9 Å². The number of hydrogen-bond donors (Lipinski definition) is 1. The van der Waals surface area contributed by atoms with Crippen molar-refractivity contribution in [1.29, 1.82) is 0 Å². The summed E-state index contributed by atoms with van der Waals surface area (Å²) in [6, 6.07) is 4.81. The molecule has 0 aliphatic rings. The number of aryl methyl sites for hydroxylation is 1. The van der Waals surface area contributed by atoms with Crippen LogP contribution in [-0.2, 0) is 6.42 Å². The molecule has 1 N–H and O–H groups in total. The highest BCUT2D eigenvalue weighted by Crippen LogP contribution is 2.31. The van der Waals surface area contributed by atoms with Crippen LogP contribution in [-0.4, -0.2) is 16.1 Å². The van der Waals surface area contributed by atoms with Gasteiger partial charge in [0.15, 0.2) is 0 Å². The van der Waals surface area contributed by atoms with Crippen LogP contribution in [0.5, 0.6) is 0 Å². The van der Waals surface area contributed by atoms with Crippen LogP contribution in [0, 0.1) is 5.82 Å². The van der Waals surface area contributed by atoms with E-state index in [0.29, 0.717) is 5.56 Å². The maximum absolute atomic E-state index is 14.2. The molecule has 2 aromatic rings. The average molecular weight is 358 g/mol. The van der Waals surface area contributed by atoms with Crippen LogP contribution in [0.15, 0.2) is 22.7 Å². The predicted molar refractivity (Wildman–Crippen MR) is 83.5 cm³/mol. The topological polar surface area (TPSA) is 37.8 Å². The van der Waals surface area contributed by atoms with Gasteiger partial charge in [0.2, 0.25) is 0 Å². The number of benzene rings is 1. The normalized spacial score (nSPS) is 12.6. The largest absolute Gasteiger partial charge is 0.306 e. The maximum atomic E-state index is 14.2. The molecule has 0 spiro atoms. The van der Waals surface area contributed by atoms with Crippen LogP contribution >= 0.6 is 27.5 Å². The third kappa shape index (κ3) is 3.42. The molecule has 0 saturated heterocycles. The summed E-state index contributed by atoms with van der Waals surface area (Å²) in [7, 11) is 0. The van der Waals surface area contributed by atoms with Gasteiger partial charge in [-0.05, 0) is 42.7 Å². The summed E-state index contributed by atoms with van der Waals surface area (Å²) in [6.07, 6.45) is 1.86. The van der Waals surface area contributed by atoms with E-state index < -0.39 is 0 Å². The van der Waals surface area contributed by atoms with E-state index in [1.165, 1.54) is 17.6 Å². The molecular formula is C14H17BrFN3S. The van der Waals surface area contributed by atoms with Gasteiger partial charge in [0.25, 0.3) is 0 Å². The first kappa shape index (κ1) is 15.5. The molecule has 108 valence electrons. The molecule has 0 saturated carbocycles. The molecule has 0 aliphatic carbocycles. The van der Waals surface area contributed by atoms with Crippen molar-refractivity contribution < 1.29 is 4.39 Å². The first-order valence-corrected chi connectivity index (χ1v) is 8.23. The van der Waals surface area contributed by atoms with Crippen molar-refractivity contribution >= 4 is 27.5 Å². The summed E-state index contributed by atoms with van der Waals surface area (Å²) in [5.74, 6) is -0.213. The highest BCUT2D eigenvalue weighted by molar-refractivity contribution is 9.10. The van der Waals surface area contributed by atoms with Crippen molar-refractivity contribution in [2.75, 3.05) is 6.54 Å². The summed E-state index contributed by atoms with van der Waals surface area (Å²) in [6.45, 7) is 4.86. The van der Waals surface area contributed by atoms with Gasteiger partial charge in [-0.15, -0.1) is 5.10 Å². The summed E-state index contributed by atoms with van der Waals surface area (Å²) in [4.78, 5) is 1.01. The molecule has 0 radical (unpaired) electrons. The third-order valence-electron chi connectivity index (χ3n) is 3.01. The van der Waals surface area contributed by atoms with Gasteiger partial charge in [-0.2, -0.15) is 0 Å². The van der Waals surface area contributed by atoms with Crippen LogP contribution in [0.4, 0.5) is 4.39 Å². The quantitative estimate of drug-likeness (QED) is 0.845. The Bertz CT molecular complexity index is 573. The summed E-state index contributed by atoms with van der Waals surface area (Å²) >= 11 is 4.75. The molecule has 1 atom stereocenters. The first-order chi connectivity index (χ1) is 9.67. The molecule has 6 heteroatoms. The van der Waals surface area contributed by atoms with Crippen LogP contribution in [0.1, 0.15) is 42.4 Å². The lowest BCUT2D eigenvalue weighted by Gasteiger charge is -2.18. The summed E-state index contributed by atoms with van der Waals surface area (Å²) < 4.78 is 19.1. The first-order valence-electron chi connectivity index (χ1n) is 6.66. The minimum absolute atomic E-state index is 0.195. The van der Waals surface area contributed by atoms with Crippen LogP contribution in [0.25, 0.3) is 0 Å². The van der Waals surface area contributed by atoms with E-state index in [9.17, 15) is 4.39 Å². The van der Waals surface area contributed by atoms with Gasteiger partial charge in [-0.25, -0.2) is 4.39 Å². The lowest BCUT2D eigenvalue weighted by Crippen LogP contribution is -2.23. The van der Waals surface area contributed by atoms with Gasteiger partial charge in [0, 0.05) is 10.0 Å². The lowest BCUT2D eigenvalue weighted by atomic mass is 10.0. The monoisotopic (exact) mass is 357 g/mol. The minimum atomic E-state index is -0.213. The van der Waals surface area contributed by atoms with E-state index in [1.54, 1.807) is 6.07 Å². The van der Waals surface area contributed by atoms with Crippen LogP contribution < -0.4 is 5.32 Å². The fourth-order valence-corrected chi connectivity index (χ4v) is 3.30. The van der Waals surface area contributed by atoms with Crippen LogP contribution in [0.2, 0.25) is 0 Å².